The number of rotatable bonds is 8. The first-order chi connectivity index (χ1) is 14.2. The molecule has 0 spiro atoms. The van der Waals surface area contributed by atoms with Gasteiger partial charge in [-0.2, -0.15) is 0 Å². The van der Waals surface area contributed by atoms with E-state index in [1.807, 2.05) is 25.1 Å². The Morgan fingerprint density at radius 1 is 1.23 bits per heavy atom. The van der Waals surface area contributed by atoms with Gasteiger partial charge in [0.1, 0.15) is 5.75 Å². The van der Waals surface area contributed by atoms with Crippen molar-refractivity contribution in [2.75, 3.05) is 13.2 Å². The summed E-state index contributed by atoms with van der Waals surface area (Å²) in [6.45, 7) is 7.76. The van der Waals surface area contributed by atoms with Crippen LogP contribution in [-0.4, -0.2) is 41.3 Å². The third-order valence-corrected chi connectivity index (χ3v) is 8.96. The molecule has 3 rings (SSSR count). The van der Waals surface area contributed by atoms with Crippen LogP contribution in [-0.2, 0) is 10.0 Å². The van der Waals surface area contributed by atoms with Crippen LogP contribution in [0.2, 0.25) is 0 Å². The van der Waals surface area contributed by atoms with E-state index in [0.29, 0.717) is 22.1 Å². The number of benzene rings is 2. The molecule has 10 heteroatoms. The molecule has 0 amide bonds. The van der Waals surface area contributed by atoms with Gasteiger partial charge in [-0.3, -0.25) is 0 Å². The topological polar surface area (TPSA) is 96.8 Å². The average molecular weight is 467 g/mol. The molecule has 0 radical (unpaired) electrons. The van der Waals surface area contributed by atoms with E-state index in [9.17, 15) is 18.3 Å². The van der Waals surface area contributed by atoms with E-state index in [2.05, 4.69) is 4.98 Å². The van der Waals surface area contributed by atoms with Crippen LogP contribution in [0.5, 0.6) is 5.75 Å². The number of hydrogen-bond donors (Lipinski definition) is 1. The third kappa shape index (κ3) is 4.46. The normalized spacial score (nSPS) is 11.9. The zero-order valence-electron chi connectivity index (χ0n) is 17.0. The largest absolute Gasteiger partial charge is 0.494 e. The second kappa shape index (κ2) is 8.93. The van der Waals surface area contributed by atoms with Gasteiger partial charge in [-0.25, -0.2) is 18.2 Å². The van der Waals surface area contributed by atoms with Crippen LogP contribution < -0.4 is 4.74 Å². The lowest BCUT2D eigenvalue weighted by Crippen LogP contribution is -2.25. The lowest BCUT2D eigenvalue weighted by Gasteiger charge is -2.19. The Bertz CT molecular complexity index is 1200. The summed E-state index contributed by atoms with van der Waals surface area (Å²) in [6, 6.07) is 8.28. The molecule has 1 heterocycles. The van der Waals surface area contributed by atoms with Crippen molar-refractivity contribution in [1.29, 1.82) is 0 Å². The molecule has 160 valence electrons. The number of carbonyl (C=O) groups is 1. The van der Waals surface area contributed by atoms with Gasteiger partial charge in [0.2, 0.25) is 0 Å². The molecule has 0 saturated heterocycles. The first-order valence-corrected chi connectivity index (χ1v) is 12.3. The predicted molar refractivity (Wildman–Crippen MR) is 119 cm³/mol. The van der Waals surface area contributed by atoms with Crippen LogP contribution in [0.1, 0.15) is 35.3 Å². The number of sulfonamides is 1. The van der Waals surface area contributed by atoms with E-state index in [-0.39, 0.29) is 17.0 Å². The zero-order valence-corrected chi connectivity index (χ0v) is 19.4. The monoisotopic (exact) mass is 466 g/mol. The number of hydrogen-bond acceptors (Lipinski definition) is 7. The van der Waals surface area contributed by atoms with Gasteiger partial charge >= 0.3 is 5.97 Å². The van der Waals surface area contributed by atoms with E-state index in [0.717, 1.165) is 27.9 Å². The van der Waals surface area contributed by atoms with Crippen molar-refractivity contribution >= 4 is 49.5 Å². The summed E-state index contributed by atoms with van der Waals surface area (Å²) < 4.78 is 34.7. The highest BCUT2D eigenvalue weighted by atomic mass is 32.3. The van der Waals surface area contributed by atoms with Gasteiger partial charge in [-0.05, 0) is 62.2 Å². The zero-order chi connectivity index (χ0) is 22.1. The fraction of sp³-hybridized carbons (Fsp3) is 0.300. The van der Waals surface area contributed by atoms with Crippen molar-refractivity contribution in [2.45, 2.75) is 36.9 Å². The van der Waals surface area contributed by atoms with Crippen LogP contribution in [0.25, 0.3) is 10.2 Å². The van der Waals surface area contributed by atoms with E-state index in [4.69, 9.17) is 4.74 Å². The molecule has 3 aromatic rings. The summed E-state index contributed by atoms with van der Waals surface area (Å²) >= 11 is 2.40. The van der Waals surface area contributed by atoms with Gasteiger partial charge in [-0.15, -0.1) is 15.0 Å². The Balaban J connectivity index is 1.95. The Morgan fingerprint density at radius 2 is 1.97 bits per heavy atom. The van der Waals surface area contributed by atoms with Crippen molar-refractivity contribution < 1.29 is 23.1 Å². The van der Waals surface area contributed by atoms with Crippen LogP contribution in [0.4, 0.5) is 0 Å². The van der Waals surface area contributed by atoms with Gasteiger partial charge in [0.05, 0.1) is 27.3 Å². The number of fused-ring (bicyclic) bond motifs is 1. The molecule has 0 saturated carbocycles. The van der Waals surface area contributed by atoms with Gasteiger partial charge in [-0.1, -0.05) is 6.92 Å². The van der Waals surface area contributed by atoms with Gasteiger partial charge in [0.25, 0.3) is 10.0 Å². The molecule has 0 bridgehead atoms. The average Bonchev–Trinajstić information content (AvgIpc) is 3.09. The number of thiazole rings is 1. The Labute approximate surface area is 183 Å². The molecular formula is C20H22N2O5S3. The molecule has 0 aliphatic carbocycles. The van der Waals surface area contributed by atoms with E-state index in [1.54, 1.807) is 20.8 Å². The molecule has 30 heavy (non-hydrogen) atoms. The number of aromatic nitrogens is 1. The molecular weight excluding hydrogens is 444 g/mol. The minimum atomic E-state index is -3.92. The van der Waals surface area contributed by atoms with Crippen molar-refractivity contribution in [3.63, 3.8) is 0 Å². The highest BCUT2D eigenvalue weighted by Crippen LogP contribution is 2.36. The molecule has 7 nitrogen and oxygen atoms in total. The summed E-state index contributed by atoms with van der Waals surface area (Å²) in [5.41, 5.74) is 1.91. The Morgan fingerprint density at radius 3 is 2.60 bits per heavy atom. The molecule has 1 N–H and O–H groups in total. The number of carboxylic acids is 1. The van der Waals surface area contributed by atoms with Crippen molar-refractivity contribution in [2.24, 2.45) is 0 Å². The summed E-state index contributed by atoms with van der Waals surface area (Å²) in [4.78, 5) is 16.0. The lowest BCUT2D eigenvalue weighted by atomic mass is 10.0. The maximum atomic E-state index is 13.2. The first-order valence-electron chi connectivity index (χ1n) is 9.26. The highest BCUT2D eigenvalue weighted by molar-refractivity contribution is 8.09. The molecule has 0 unspecified atom stereocenters. The molecule has 0 atom stereocenters. The van der Waals surface area contributed by atoms with E-state index < -0.39 is 16.0 Å². The van der Waals surface area contributed by atoms with E-state index in [1.165, 1.54) is 27.2 Å². The van der Waals surface area contributed by atoms with Crippen LogP contribution in [0.3, 0.4) is 0 Å². The maximum absolute atomic E-state index is 13.2. The highest BCUT2D eigenvalue weighted by Gasteiger charge is 2.28. The fourth-order valence-corrected chi connectivity index (χ4v) is 6.89. The molecule has 2 aromatic carbocycles. The number of carboxylic acid groups (broad SMARTS) is 1. The molecule has 0 aliphatic rings. The standard InChI is InChI=1S/C20H22N2O5S3/c1-5-22(29-20-21-17-8-7-14(27-6-2)10-18(17)28-20)30(25,26)15-9-12(3)13(4)16(11-15)19(23)24/h7-11H,5-6H2,1-4H3,(H,23,24). The van der Waals surface area contributed by atoms with Gasteiger partial charge in [0, 0.05) is 18.5 Å². The summed E-state index contributed by atoms with van der Waals surface area (Å²) in [5.74, 6) is -0.416. The van der Waals surface area contributed by atoms with Crippen molar-refractivity contribution in [3.8, 4) is 5.75 Å². The Kier molecular flexibility index (Phi) is 6.71. The number of ether oxygens (including phenoxy) is 1. The minimum Gasteiger partial charge on any atom is -0.494 e. The molecule has 0 fully saturated rings. The summed E-state index contributed by atoms with van der Waals surface area (Å²) in [5, 5.41) is 9.42. The van der Waals surface area contributed by atoms with Crippen LogP contribution in [0.15, 0.2) is 39.6 Å². The van der Waals surface area contributed by atoms with Crippen LogP contribution in [0, 0.1) is 13.8 Å². The number of aromatic carboxylic acids is 1. The van der Waals surface area contributed by atoms with E-state index >= 15 is 0 Å². The maximum Gasteiger partial charge on any atom is 0.336 e. The number of nitrogens with zero attached hydrogens (tertiary/aromatic N) is 2. The Hall–Kier alpha value is -2.14. The second-order valence-electron chi connectivity index (χ2n) is 6.48. The molecule has 1 aromatic heterocycles. The lowest BCUT2D eigenvalue weighted by molar-refractivity contribution is 0.0695. The van der Waals surface area contributed by atoms with Crippen molar-refractivity contribution in [1.82, 2.24) is 8.69 Å². The summed E-state index contributed by atoms with van der Waals surface area (Å²) in [6.07, 6.45) is 0. The van der Waals surface area contributed by atoms with Gasteiger partial charge in [0.15, 0.2) is 4.34 Å². The van der Waals surface area contributed by atoms with Gasteiger partial charge < -0.3 is 9.84 Å². The smallest absolute Gasteiger partial charge is 0.336 e. The SMILES string of the molecule is CCOc1ccc2nc(SN(CC)S(=O)(=O)c3cc(C)c(C)c(C(=O)O)c3)sc2c1. The third-order valence-electron chi connectivity index (χ3n) is 4.53. The quantitative estimate of drug-likeness (QED) is 0.479. The first kappa shape index (κ1) is 22.5. The van der Waals surface area contributed by atoms with Crippen LogP contribution >= 0.6 is 23.3 Å². The second-order valence-corrected chi connectivity index (χ2v) is 10.9. The summed E-state index contributed by atoms with van der Waals surface area (Å²) in [7, 11) is -3.92. The predicted octanol–water partition coefficient (Wildman–Crippen LogP) is 4.73. The fourth-order valence-electron chi connectivity index (χ4n) is 2.86. The number of aryl methyl sites for hydroxylation is 1. The van der Waals surface area contributed by atoms with Crippen molar-refractivity contribution in [3.05, 3.63) is 47.0 Å². The minimum absolute atomic E-state index is 0.0157. The molecule has 0 aliphatic heterocycles.